The van der Waals surface area contributed by atoms with E-state index < -0.39 is 18.1 Å². The highest BCUT2D eigenvalue weighted by atomic mass is 19.1. The van der Waals surface area contributed by atoms with E-state index in [1.807, 2.05) is 17.7 Å². The van der Waals surface area contributed by atoms with Gasteiger partial charge in [-0.2, -0.15) is 0 Å². The Labute approximate surface area is 198 Å². The molecule has 3 heterocycles. The van der Waals surface area contributed by atoms with Gasteiger partial charge in [-0.05, 0) is 67.5 Å². The van der Waals surface area contributed by atoms with Crippen molar-refractivity contribution >= 4 is 16.9 Å². The van der Waals surface area contributed by atoms with E-state index in [4.69, 9.17) is 4.74 Å². The van der Waals surface area contributed by atoms with Crippen molar-refractivity contribution in [2.45, 2.75) is 25.4 Å². The van der Waals surface area contributed by atoms with Crippen LogP contribution in [0.5, 0.6) is 5.75 Å². The first-order valence-corrected chi connectivity index (χ1v) is 11.4. The molecule has 0 amide bonds. The Kier molecular flexibility index (Phi) is 7.43. The van der Waals surface area contributed by atoms with E-state index in [-0.39, 0.29) is 12.3 Å². The molecule has 3 aromatic rings. The number of likely N-dealkylation sites (tertiary alicyclic amines) is 1. The summed E-state index contributed by atoms with van der Waals surface area (Å²) in [4.78, 5) is 22.4. The van der Waals surface area contributed by atoms with Crippen LogP contribution in [0.2, 0.25) is 0 Å². The fraction of sp³-hybridized carbons (Fsp3) is 0.423. The Hall–Kier alpha value is -3.44. The van der Waals surface area contributed by atoms with E-state index in [0.717, 1.165) is 17.6 Å². The van der Waals surface area contributed by atoms with Gasteiger partial charge in [0.15, 0.2) is 0 Å². The summed E-state index contributed by atoms with van der Waals surface area (Å²) in [6.45, 7) is 1.67. The standard InChI is InChI=1S/C26H29FN4O3/c1-30-17-28-15-19(30)4-3-12-31-13-10-18(23(16-31)26(32)33)5-7-24(27)21-9-11-29-25-8-6-20(34-2)14-22(21)25/h6,8-9,11,14-15,17-18,23-24H,5,7,10,12-13,16H2,1-2H3,(H,32,33)/t18-,23+,24+/m1/s1. The number of benzene rings is 1. The smallest absolute Gasteiger partial charge is 0.308 e. The summed E-state index contributed by atoms with van der Waals surface area (Å²) in [6.07, 6.45) is 5.30. The molecule has 1 aliphatic heterocycles. The molecule has 0 spiro atoms. The van der Waals surface area contributed by atoms with Crippen molar-refractivity contribution in [3.05, 3.63) is 54.2 Å². The van der Waals surface area contributed by atoms with E-state index >= 15 is 4.39 Å². The fourth-order valence-electron chi connectivity index (χ4n) is 4.62. The summed E-state index contributed by atoms with van der Waals surface area (Å²) in [7, 11) is 3.46. The van der Waals surface area contributed by atoms with Gasteiger partial charge in [0, 0.05) is 25.2 Å². The second kappa shape index (κ2) is 10.7. The van der Waals surface area contributed by atoms with Gasteiger partial charge in [0.25, 0.3) is 0 Å². The topological polar surface area (TPSA) is 80.5 Å². The van der Waals surface area contributed by atoms with Gasteiger partial charge in [0.05, 0.1) is 37.6 Å². The number of hydrogen-bond donors (Lipinski definition) is 1. The number of fused-ring (bicyclic) bond motifs is 1. The minimum atomic E-state index is -1.20. The molecule has 1 saturated heterocycles. The molecule has 0 saturated carbocycles. The summed E-state index contributed by atoms with van der Waals surface area (Å²) in [5, 5.41) is 10.6. The Morgan fingerprint density at radius 2 is 2.24 bits per heavy atom. The maximum absolute atomic E-state index is 15.3. The molecule has 4 rings (SSSR count). The summed E-state index contributed by atoms with van der Waals surface area (Å²) in [6, 6.07) is 7.12. The van der Waals surface area contributed by atoms with Crippen LogP contribution in [0.1, 0.15) is 36.7 Å². The lowest BCUT2D eigenvalue weighted by molar-refractivity contribution is -0.146. The molecule has 0 radical (unpaired) electrons. The van der Waals surface area contributed by atoms with E-state index in [0.29, 0.717) is 42.8 Å². The van der Waals surface area contributed by atoms with Gasteiger partial charge >= 0.3 is 5.97 Å². The van der Waals surface area contributed by atoms with Crippen molar-refractivity contribution in [3.63, 3.8) is 0 Å². The summed E-state index contributed by atoms with van der Waals surface area (Å²) in [5.74, 6) is 5.41. The van der Waals surface area contributed by atoms with E-state index in [2.05, 4.69) is 26.7 Å². The molecule has 178 valence electrons. The fourth-order valence-corrected chi connectivity index (χ4v) is 4.62. The summed E-state index contributed by atoms with van der Waals surface area (Å²) < 4.78 is 22.5. The van der Waals surface area contributed by atoms with Crippen LogP contribution >= 0.6 is 0 Å². The second-order valence-electron chi connectivity index (χ2n) is 8.75. The van der Waals surface area contributed by atoms with Crippen molar-refractivity contribution in [1.82, 2.24) is 19.4 Å². The largest absolute Gasteiger partial charge is 0.497 e. The molecule has 34 heavy (non-hydrogen) atoms. The molecule has 7 nitrogen and oxygen atoms in total. The van der Waals surface area contributed by atoms with Crippen molar-refractivity contribution < 1.29 is 19.0 Å². The van der Waals surface area contributed by atoms with E-state index in [9.17, 15) is 9.90 Å². The molecule has 2 aromatic heterocycles. The van der Waals surface area contributed by atoms with Crippen LogP contribution in [0, 0.1) is 23.7 Å². The average molecular weight is 465 g/mol. The zero-order valence-electron chi connectivity index (χ0n) is 19.4. The number of aromatic nitrogens is 3. The van der Waals surface area contributed by atoms with Crippen molar-refractivity contribution in [1.29, 1.82) is 0 Å². The van der Waals surface area contributed by atoms with Gasteiger partial charge in [0.1, 0.15) is 17.6 Å². The predicted octanol–water partition coefficient (Wildman–Crippen LogP) is 3.84. The Morgan fingerprint density at radius 3 is 2.97 bits per heavy atom. The lowest BCUT2D eigenvalue weighted by atomic mass is 9.81. The number of pyridine rings is 1. The molecule has 8 heteroatoms. The van der Waals surface area contributed by atoms with Crippen molar-refractivity contribution in [3.8, 4) is 17.6 Å². The first-order valence-electron chi connectivity index (χ1n) is 11.4. The number of carboxylic acids is 1. The van der Waals surface area contributed by atoms with Crippen LogP contribution in [0.25, 0.3) is 10.9 Å². The number of ether oxygens (including phenoxy) is 1. The van der Waals surface area contributed by atoms with E-state index in [1.165, 1.54) is 0 Å². The van der Waals surface area contributed by atoms with Gasteiger partial charge in [-0.1, -0.05) is 5.92 Å². The van der Waals surface area contributed by atoms with Crippen LogP contribution < -0.4 is 4.74 Å². The maximum Gasteiger partial charge on any atom is 0.308 e. The van der Waals surface area contributed by atoms with Crippen LogP contribution in [-0.2, 0) is 11.8 Å². The molecule has 0 unspecified atom stereocenters. The number of piperidine rings is 1. The number of halogens is 1. The normalized spacial score (nSPS) is 19.4. The first kappa shape index (κ1) is 23.7. The van der Waals surface area contributed by atoms with Gasteiger partial charge in [-0.3, -0.25) is 14.7 Å². The maximum atomic E-state index is 15.3. The first-order chi connectivity index (χ1) is 16.5. The Bertz CT molecular complexity index is 1220. The molecule has 1 N–H and O–H groups in total. The van der Waals surface area contributed by atoms with Gasteiger partial charge in [-0.15, -0.1) is 0 Å². The van der Waals surface area contributed by atoms with Crippen LogP contribution in [0.15, 0.2) is 43.0 Å². The zero-order chi connectivity index (χ0) is 24.1. The van der Waals surface area contributed by atoms with Gasteiger partial charge < -0.3 is 14.4 Å². The molecule has 0 bridgehead atoms. The number of carboxylic acid groups (broad SMARTS) is 1. The number of nitrogens with zero attached hydrogens (tertiary/aromatic N) is 4. The van der Waals surface area contributed by atoms with Gasteiger partial charge in [-0.25, -0.2) is 9.37 Å². The molecular weight excluding hydrogens is 435 g/mol. The number of hydrogen-bond acceptors (Lipinski definition) is 5. The summed E-state index contributed by atoms with van der Waals surface area (Å²) in [5.41, 5.74) is 2.10. The highest BCUT2D eigenvalue weighted by Gasteiger charge is 2.34. The predicted molar refractivity (Wildman–Crippen MR) is 127 cm³/mol. The Balaban J connectivity index is 1.38. The molecule has 1 aliphatic rings. The number of imidazole rings is 1. The zero-order valence-corrected chi connectivity index (χ0v) is 19.4. The third-order valence-electron chi connectivity index (χ3n) is 6.60. The Morgan fingerprint density at radius 1 is 1.38 bits per heavy atom. The lowest BCUT2D eigenvalue weighted by Gasteiger charge is -2.35. The second-order valence-corrected chi connectivity index (χ2v) is 8.75. The summed E-state index contributed by atoms with van der Waals surface area (Å²) >= 11 is 0. The molecular formula is C26H29FN4O3. The highest BCUT2D eigenvalue weighted by Crippen LogP contribution is 2.35. The van der Waals surface area contributed by atoms with Gasteiger partial charge in [0.2, 0.25) is 0 Å². The lowest BCUT2D eigenvalue weighted by Crippen LogP contribution is -2.44. The highest BCUT2D eigenvalue weighted by molar-refractivity contribution is 5.83. The van der Waals surface area contributed by atoms with Crippen LogP contribution in [0.4, 0.5) is 4.39 Å². The molecule has 3 atom stereocenters. The number of aliphatic carboxylic acids is 1. The minimum absolute atomic E-state index is 0.0697. The SMILES string of the molecule is COc1ccc2nccc([C@@H](F)CC[C@@H]3CCN(CC#Cc4cncn4C)C[C@@H]3C(=O)O)c2c1. The third kappa shape index (κ3) is 5.37. The molecule has 1 fully saturated rings. The average Bonchev–Trinajstić information content (AvgIpc) is 3.26. The number of rotatable bonds is 7. The number of carbonyl (C=O) groups is 1. The molecule has 0 aliphatic carbocycles. The number of methoxy groups -OCH3 is 1. The molecule has 1 aromatic carbocycles. The minimum Gasteiger partial charge on any atom is -0.497 e. The number of alkyl halides is 1. The van der Waals surface area contributed by atoms with Crippen LogP contribution in [-0.4, -0.2) is 57.3 Å². The van der Waals surface area contributed by atoms with Crippen LogP contribution in [0.3, 0.4) is 0 Å². The monoisotopic (exact) mass is 464 g/mol. The number of aryl methyl sites for hydroxylation is 1. The van der Waals surface area contributed by atoms with Crippen molar-refractivity contribution in [2.24, 2.45) is 18.9 Å². The van der Waals surface area contributed by atoms with E-state index in [1.54, 1.807) is 44.0 Å². The third-order valence-corrected chi connectivity index (χ3v) is 6.60. The quantitative estimate of drug-likeness (QED) is 0.535. The van der Waals surface area contributed by atoms with Crippen molar-refractivity contribution in [2.75, 3.05) is 26.7 Å².